The van der Waals surface area contributed by atoms with Gasteiger partial charge in [0.1, 0.15) is 48.3 Å². The molecule has 31 heteroatoms. The van der Waals surface area contributed by atoms with Gasteiger partial charge < -0.3 is 95.4 Å². The quantitative estimate of drug-likeness (QED) is 0.0172. The van der Waals surface area contributed by atoms with E-state index in [1.165, 1.54) is 30.4 Å². The first-order chi connectivity index (χ1) is 36.4. The van der Waals surface area contributed by atoms with E-state index in [9.17, 15) is 78.6 Å². The van der Waals surface area contributed by atoms with Crippen molar-refractivity contribution in [2.24, 2.45) is 22.2 Å². The van der Waals surface area contributed by atoms with Crippen molar-refractivity contribution in [1.82, 2.24) is 47.5 Å². The number of aromatic amines is 1. The zero-order valence-corrected chi connectivity index (χ0v) is 44.6. The van der Waals surface area contributed by atoms with Crippen molar-refractivity contribution in [3.05, 3.63) is 36.0 Å². The van der Waals surface area contributed by atoms with E-state index in [0.717, 1.165) is 17.8 Å². The van der Waals surface area contributed by atoms with Gasteiger partial charge in [-0.15, -0.1) is 0 Å². The monoisotopic (exact) mass is 1130 g/mol. The number of amides is 8. The predicted octanol–water partition coefficient (Wildman–Crippen LogP) is -5.83. The van der Waals surface area contributed by atoms with Crippen LogP contribution in [0.4, 0.5) is 0 Å². The number of aliphatic hydroxyl groups is 4. The maximum Gasteiger partial charge on any atom is 0.326 e. The Hall–Kier alpha value is -6.77. The van der Waals surface area contributed by atoms with Crippen molar-refractivity contribution >= 4 is 99.6 Å². The summed E-state index contributed by atoms with van der Waals surface area (Å²) in [5, 5.41) is 79.6. The first kappa shape index (κ1) is 66.3. The molecule has 77 heavy (non-hydrogen) atoms. The molecule has 0 saturated carbocycles. The van der Waals surface area contributed by atoms with Crippen LogP contribution in [-0.4, -0.2) is 211 Å². The first-order valence-corrected chi connectivity index (χ1v) is 27.0. The molecule has 29 nitrogen and oxygen atoms in total. The Labute approximate surface area is 451 Å². The number of aliphatic carboxylic acids is 2. The number of nitrogens with zero attached hydrogens (tertiary/aromatic N) is 1. The molecule has 1 aromatic heterocycles. The van der Waals surface area contributed by atoms with E-state index in [0.29, 0.717) is 5.56 Å². The highest BCUT2D eigenvalue weighted by Crippen LogP contribution is 2.19. The van der Waals surface area contributed by atoms with Crippen molar-refractivity contribution in [2.75, 3.05) is 43.8 Å². The van der Waals surface area contributed by atoms with Crippen molar-refractivity contribution in [2.45, 2.75) is 125 Å². The fourth-order valence-corrected chi connectivity index (χ4v) is 8.20. The van der Waals surface area contributed by atoms with E-state index in [1.54, 1.807) is 24.8 Å². The zero-order valence-electron chi connectivity index (χ0n) is 43.0. The van der Waals surface area contributed by atoms with Gasteiger partial charge in [0.05, 0.1) is 31.5 Å². The lowest BCUT2D eigenvalue weighted by Gasteiger charge is -2.28. The second-order valence-electron chi connectivity index (χ2n) is 17.6. The molecule has 0 aliphatic carbocycles. The smallest absolute Gasteiger partial charge is 0.326 e. The lowest BCUT2D eigenvalue weighted by atomic mass is 10.0. The predicted molar refractivity (Wildman–Crippen MR) is 283 cm³/mol. The highest BCUT2D eigenvalue weighted by Gasteiger charge is 2.37. The molecular formula is C46H73N13O16S2. The highest BCUT2D eigenvalue weighted by molar-refractivity contribution is 7.98. The van der Waals surface area contributed by atoms with Crippen LogP contribution in [0.15, 0.2) is 35.5 Å². The van der Waals surface area contributed by atoms with Crippen LogP contribution in [0.25, 0.3) is 10.9 Å². The minimum atomic E-state index is -1.89. The van der Waals surface area contributed by atoms with E-state index in [-0.39, 0.29) is 56.1 Å². The Bertz CT molecular complexity index is 2360. The molecule has 430 valence electrons. The molecule has 8 amide bonds. The number of aromatic nitrogens is 1. The van der Waals surface area contributed by atoms with Gasteiger partial charge in [-0.05, 0) is 88.0 Å². The average molecular weight is 1130 g/mol. The largest absolute Gasteiger partial charge is 0.481 e. The van der Waals surface area contributed by atoms with Crippen molar-refractivity contribution in [3.63, 3.8) is 0 Å². The molecule has 0 aliphatic heterocycles. The van der Waals surface area contributed by atoms with Gasteiger partial charge in [-0.25, -0.2) is 4.79 Å². The number of aliphatic hydroxyl groups excluding tert-OH is 4. The third kappa shape index (κ3) is 22.8. The van der Waals surface area contributed by atoms with Gasteiger partial charge in [0.2, 0.25) is 47.3 Å². The maximum atomic E-state index is 13.9. The van der Waals surface area contributed by atoms with E-state index < -0.39 is 152 Å². The lowest BCUT2D eigenvalue weighted by Crippen LogP contribution is -2.63. The third-order valence-corrected chi connectivity index (χ3v) is 12.8. The first-order valence-electron chi connectivity index (χ1n) is 24.2. The summed E-state index contributed by atoms with van der Waals surface area (Å²) >= 11 is 2.54. The Morgan fingerprint density at radius 3 is 1.49 bits per heavy atom. The maximum absolute atomic E-state index is 13.9. The molecule has 0 bridgehead atoms. The number of fused-ring (bicyclic) bond motifs is 1. The number of aliphatic imine (C=N–C) groups is 1. The summed E-state index contributed by atoms with van der Waals surface area (Å²) in [6.45, 7) is 0.0894. The number of hydrogen-bond acceptors (Lipinski definition) is 18. The highest BCUT2D eigenvalue weighted by atomic mass is 32.2. The van der Waals surface area contributed by atoms with Crippen LogP contribution in [0.3, 0.4) is 0 Å². The Morgan fingerprint density at radius 1 is 0.597 bits per heavy atom. The molecule has 1 heterocycles. The molecule has 2 aromatic rings. The van der Waals surface area contributed by atoms with Gasteiger partial charge in [0.15, 0.2) is 5.96 Å². The average Bonchev–Trinajstić information content (AvgIpc) is 3.78. The number of carboxylic acids is 2. The number of nitrogens with one attached hydrogen (secondary N) is 9. The van der Waals surface area contributed by atoms with Crippen LogP contribution in [-0.2, 0) is 54.4 Å². The summed E-state index contributed by atoms with van der Waals surface area (Å²) in [6, 6.07) is -7.16. The number of thioether (sulfide) groups is 2. The number of carbonyl (C=O) groups excluding carboxylic acids is 8. The van der Waals surface area contributed by atoms with Crippen LogP contribution < -0.4 is 59.7 Å². The minimum absolute atomic E-state index is 0.0378. The standard InChI is InChI=1S/C46H73N13O16S2/c1-22(62)35(58-37(66)26(47)18-24-19-51-27-9-6-5-8-25(24)27)44(73)57-32(20-60)41(70)56-33(21-61)42(71)59-36(23(2)63)43(72)54-30(14-17-77-4)40(69)53-29(13-16-76-3)39(68)52-28(11-12-34(64)65)38(67)55-31(45(74)75)10-7-15-50-46(48)49/h5-6,8-9,19,22-23,26,28-33,35-36,51,60-63H,7,10-18,20-21,47H2,1-4H3,(H,52,68)(H,53,69)(H,54,72)(H,55,67)(H,56,70)(H,57,73)(H,58,66)(H,59,71)(H,64,65)(H,74,75)(H4,48,49,50)/t22-,23-,26+,28+,29+,30+,31+,32+,33+,35+,36+/m1/s1. The van der Waals surface area contributed by atoms with Crippen molar-refractivity contribution in [1.29, 1.82) is 0 Å². The Kier molecular flexibility index (Phi) is 29.4. The Balaban J connectivity index is 2.20. The lowest BCUT2D eigenvalue weighted by molar-refractivity contribution is -0.143. The number of carboxylic acid groups (broad SMARTS) is 2. The summed E-state index contributed by atoms with van der Waals surface area (Å²) in [6.07, 6.45) is 0.596. The van der Waals surface area contributed by atoms with Gasteiger partial charge in [0.25, 0.3) is 0 Å². The summed E-state index contributed by atoms with van der Waals surface area (Å²) in [4.78, 5) is 138. The third-order valence-electron chi connectivity index (χ3n) is 11.5. The normalized spacial score (nSPS) is 15.4. The van der Waals surface area contributed by atoms with E-state index in [2.05, 4.69) is 52.5 Å². The number of H-pyrrole nitrogens is 1. The van der Waals surface area contributed by atoms with Gasteiger partial charge in [-0.1, -0.05) is 18.2 Å². The number of carbonyl (C=O) groups is 10. The van der Waals surface area contributed by atoms with Crippen LogP contribution in [0, 0.1) is 0 Å². The second-order valence-corrected chi connectivity index (χ2v) is 19.6. The molecule has 0 fully saturated rings. The SMILES string of the molecule is CSCC[C@H](NC(=O)[C@H](CCSC)NC(=O)[C@@H](NC(=O)[C@H](CO)NC(=O)[C@H](CO)NC(=O)[C@@H](NC(=O)[C@@H](N)Cc1c[nH]c2ccccc12)[C@@H](C)O)[C@@H](C)O)C(=O)N[C@@H](CCC(=O)O)C(=O)N[C@@H](CCCN=C(N)N)C(=O)O. The Morgan fingerprint density at radius 2 is 1.03 bits per heavy atom. The fraction of sp³-hybridized carbons (Fsp3) is 0.587. The van der Waals surface area contributed by atoms with Crippen LogP contribution in [0.2, 0.25) is 0 Å². The summed E-state index contributed by atoms with van der Waals surface area (Å²) in [5.41, 5.74) is 18.2. The van der Waals surface area contributed by atoms with Crippen LogP contribution >= 0.6 is 23.5 Å². The van der Waals surface area contributed by atoms with E-state index in [4.69, 9.17) is 17.2 Å². The number of rotatable bonds is 36. The fourth-order valence-electron chi connectivity index (χ4n) is 7.26. The molecule has 11 atom stereocenters. The minimum Gasteiger partial charge on any atom is -0.481 e. The van der Waals surface area contributed by atoms with Crippen LogP contribution in [0.1, 0.15) is 57.9 Å². The molecule has 0 aliphatic rings. The molecule has 0 saturated heterocycles. The van der Waals surface area contributed by atoms with Gasteiger partial charge >= 0.3 is 11.9 Å². The van der Waals surface area contributed by atoms with Gasteiger partial charge in [0, 0.05) is 30.1 Å². The zero-order chi connectivity index (χ0) is 57.9. The van der Waals surface area contributed by atoms with Crippen molar-refractivity contribution in [3.8, 4) is 0 Å². The van der Waals surface area contributed by atoms with Crippen LogP contribution in [0.5, 0.6) is 0 Å². The second kappa shape index (κ2) is 34.1. The van der Waals surface area contributed by atoms with Gasteiger partial charge in [-0.2, -0.15) is 23.5 Å². The number of guanidine groups is 1. The number of hydrogen-bond donors (Lipinski definition) is 18. The molecule has 0 spiro atoms. The molecule has 21 N–H and O–H groups in total. The molecular weight excluding hydrogens is 1050 g/mol. The molecule has 2 rings (SSSR count). The number of benzene rings is 1. The topological polar surface area (TPSA) is 495 Å². The van der Waals surface area contributed by atoms with E-state index >= 15 is 0 Å². The molecule has 0 unspecified atom stereocenters. The van der Waals surface area contributed by atoms with Crippen molar-refractivity contribution < 1.29 is 78.6 Å². The molecule has 0 radical (unpaired) electrons. The number of nitrogens with two attached hydrogens (primary N) is 3. The summed E-state index contributed by atoms with van der Waals surface area (Å²) in [5.74, 6) is -11.1. The molecule has 1 aromatic carbocycles. The van der Waals surface area contributed by atoms with Gasteiger partial charge in [-0.3, -0.25) is 48.1 Å². The van der Waals surface area contributed by atoms with E-state index in [1.807, 2.05) is 18.2 Å². The number of para-hydroxylation sites is 1. The summed E-state index contributed by atoms with van der Waals surface area (Å²) in [7, 11) is 0. The summed E-state index contributed by atoms with van der Waals surface area (Å²) < 4.78 is 0.